The van der Waals surface area contributed by atoms with E-state index >= 15 is 0 Å². The van der Waals surface area contributed by atoms with E-state index in [1.165, 1.54) is 11.3 Å². The molecule has 1 aromatic heterocycles. The van der Waals surface area contributed by atoms with Gasteiger partial charge in [-0.15, -0.1) is 11.3 Å². The minimum atomic E-state index is -0.124. The summed E-state index contributed by atoms with van der Waals surface area (Å²) in [4.78, 5) is 12.4. The fourth-order valence-corrected chi connectivity index (χ4v) is 2.64. The molecule has 0 spiro atoms. The molecule has 0 unspecified atom stereocenters. The summed E-state index contributed by atoms with van der Waals surface area (Å²) in [5.74, 6) is -0.124. The van der Waals surface area contributed by atoms with Crippen LogP contribution in [0.4, 0.5) is 5.69 Å². The Bertz CT molecular complexity index is 526. The maximum Gasteiger partial charge on any atom is 0.265 e. The largest absolute Gasteiger partial charge is 0.320 e. The van der Waals surface area contributed by atoms with Crippen LogP contribution in [0.3, 0.4) is 0 Å². The average molecular weight is 364 g/mol. The van der Waals surface area contributed by atoms with Gasteiger partial charge in [0.05, 0.1) is 14.9 Å². The number of benzene rings is 1. The van der Waals surface area contributed by atoms with Crippen LogP contribution in [0.1, 0.15) is 9.67 Å². The average Bonchev–Trinajstić information content (AvgIpc) is 2.68. The zero-order valence-corrected chi connectivity index (χ0v) is 11.8. The number of nitrogens with one attached hydrogen (secondary N) is 1. The van der Waals surface area contributed by atoms with Crippen molar-refractivity contribution >= 4 is 57.1 Å². The molecule has 0 bridgehead atoms. The Morgan fingerprint density at radius 2 is 2.00 bits per heavy atom. The van der Waals surface area contributed by atoms with Crippen LogP contribution in [0.5, 0.6) is 0 Å². The van der Waals surface area contributed by atoms with E-state index in [-0.39, 0.29) is 5.91 Å². The molecular weight excluding hydrogens is 357 g/mol. The van der Waals surface area contributed by atoms with Crippen LogP contribution in [0.15, 0.2) is 36.4 Å². The van der Waals surface area contributed by atoms with Crippen molar-refractivity contribution in [2.24, 2.45) is 0 Å². The van der Waals surface area contributed by atoms with Crippen LogP contribution < -0.4 is 5.32 Å². The standard InChI is InChI=1S/C11H7ClINOS/c12-10-6-5-9(16-10)11(15)14-8-4-2-1-3-7(8)13/h1-6H,(H,14,15). The molecule has 0 aliphatic heterocycles. The van der Waals surface area contributed by atoms with Crippen molar-refractivity contribution in [3.05, 3.63) is 49.2 Å². The lowest BCUT2D eigenvalue weighted by Crippen LogP contribution is -2.10. The van der Waals surface area contributed by atoms with E-state index in [0.717, 1.165) is 9.26 Å². The van der Waals surface area contributed by atoms with Crippen molar-refractivity contribution < 1.29 is 4.79 Å². The molecule has 2 rings (SSSR count). The Morgan fingerprint density at radius 1 is 1.25 bits per heavy atom. The van der Waals surface area contributed by atoms with E-state index in [2.05, 4.69) is 27.9 Å². The van der Waals surface area contributed by atoms with Crippen molar-refractivity contribution in [1.29, 1.82) is 0 Å². The highest BCUT2D eigenvalue weighted by atomic mass is 127. The smallest absolute Gasteiger partial charge is 0.265 e. The number of thiophene rings is 1. The van der Waals surface area contributed by atoms with Crippen molar-refractivity contribution in [2.45, 2.75) is 0 Å². The van der Waals surface area contributed by atoms with Crippen LogP contribution in [0, 0.1) is 3.57 Å². The minimum absolute atomic E-state index is 0.124. The Balaban J connectivity index is 2.17. The zero-order chi connectivity index (χ0) is 11.5. The maximum atomic E-state index is 11.8. The molecule has 2 aromatic rings. The lowest BCUT2D eigenvalue weighted by molar-refractivity contribution is 0.103. The molecule has 0 atom stereocenters. The zero-order valence-electron chi connectivity index (χ0n) is 8.04. The van der Waals surface area contributed by atoms with Crippen LogP contribution >= 0.6 is 45.5 Å². The molecule has 0 aliphatic rings. The monoisotopic (exact) mass is 363 g/mol. The van der Waals surface area contributed by atoms with Crippen LogP contribution in [-0.4, -0.2) is 5.91 Å². The lowest BCUT2D eigenvalue weighted by Gasteiger charge is -2.05. The van der Waals surface area contributed by atoms with Crippen LogP contribution in [0.2, 0.25) is 4.34 Å². The summed E-state index contributed by atoms with van der Waals surface area (Å²) in [6.07, 6.45) is 0. The van der Waals surface area contributed by atoms with Gasteiger partial charge in [0.15, 0.2) is 0 Å². The molecule has 0 saturated heterocycles. The van der Waals surface area contributed by atoms with E-state index < -0.39 is 0 Å². The van der Waals surface area contributed by atoms with Gasteiger partial charge in [-0.25, -0.2) is 0 Å². The Hall–Kier alpha value is -0.590. The number of hydrogen-bond donors (Lipinski definition) is 1. The van der Waals surface area contributed by atoms with E-state index in [4.69, 9.17) is 11.6 Å². The molecule has 16 heavy (non-hydrogen) atoms. The van der Waals surface area contributed by atoms with Crippen LogP contribution in [0.25, 0.3) is 0 Å². The van der Waals surface area contributed by atoms with Gasteiger partial charge in [-0.05, 0) is 46.9 Å². The third-order valence-electron chi connectivity index (χ3n) is 1.92. The highest BCUT2D eigenvalue weighted by Crippen LogP contribution is 2.23. The normalized spacial score (nSPS) is 10.1. The summed E-state index contributed by atoms with van der Waals surface area (Å²) in [5, 5.41) is 2.85. The second-order valence-electron chi connectivity index (χ2n) is 3.04. The summed E-state index contributed by atoms with van der Waals surface area (Å²) in [6, 6.07) is 11.1. The third-order valence-corrected chi connectivity index (χ3v) is 4.09. The Kier molecular flexibility index (Phi) is 3.83. The van der Waals surface area contributed by atoms with Gasteiger partial charge in [0.1, 0.15) is 0 Å². The molecule has 82 valence electrons. The summed E-state index contributed by atoms with van der Waals surface area (Å²) < 4.78 is 1.63. The predicted molar refractivity (Wildman–Crippen MR) is 76.4 cm³/mol. The van der Waals surface area contributed by atoms with Gasteiger partial charge >= 0.3 is 0 Å². The molecule has 1 heterocycles. The molecule has 1 aromatic carbocycles. The highest BCUT2D eigenvalue weighted by molar-refractivity contribution is 14.1. The second kappa shape index (κ2) is 5.16. The summed E-state index contributed by atoms with van der Waals surface area (Å²) in [7, 11) is 0. The van der Waals surface area contributed by atoms with Crippen molar-refractivity contribution in [1.82, 2.24) is 0 Å². The lowest BCUT2D eigenvalue weighted by atomic mass is 10.3. The fraction of sp³-hybridized carbons (Fsp3) is 0. The summed E-state index contributed by atoms with van der Waals surface area (Å²) in [5.41, 5.74) is 0.817. The van der Waals surface area contributed by atoms with Crippen LogP contribution in [-0.2, 0) is 0 Å². The van der Waals surface area contributed by atoms with Crippen molar-refractivity contribution in [3.63, 3.8) is 0 Å². The van der Waals surface area contributed by atoms with Gasteiger partial charge in [0, 0.05) is 3.57 Å². The SMILES string of the molecule is O=C(Nc1ccccc1I)c1ccc(Cl)s1. The van der Waals surface area contributed by atoms with Gasteiger partial charge in [0.25, 0.3) is 5.91 Å². The number of carbonyl (C=O) groups is 1. The number of carbonyl (C=O) groups excluding carboxylic acids is 1. The summed E-state index contributed by atoms with van der Waals surface area (Å²) >= 11 is 9.23. The first kappa shape index (κ1) is 11.9. The molecule has 0 aliphatic carbocycles. The summed E-state index contributed by atoms with van der Waals surface area (Å²) in [6.45, 7) is 0. The second-order valence-corrected chi connectivity index (χ2v) is 5.92. The Morgan fingerprint density at radius 3 is 2.62 bits per heavy atom. The minimum Gasteiger partial charge on any atom is -0.320 e. The molecule has 2 nitrogen and oxygen atoms in total. The molecule has 0 saturated carbocycles. The van der Waals surface area contributed by atoms with E-state index in [1.54, 1.807) is 12.1 Å². The van der Waals surface area contributed by atoms with E-state index in [0.29, 0.717) is 9.21 Å². The van der Waals surface area contributed by atoms with Crippen molar-refractivity contribution in [3.8, 4) is 0 Å². The third kappa shape index (κ3) is 2.75. The first-order valence-electron chi connectivity index (χ1n) is 4.48. The topological polar surface area (TPSA) is 29.1 Å². The molecular formula is C11H7ClINOS. The molecule has 1 amide bonds. The van der Waals surface area contributed by atoms with Gasteiger partial charge in [0.2, 0.25) is 0 Å². The maximum absolute atomic E-state index is 11.8. The van der Waals surface area contributed by atoms with Gasteiger partial charge in [-0.1, -0.05) is 23.7 Å². The van der Waals surface area contributed by atoms with Gasteiger partial charge in [-0.3, -0.25) is 4.79 Å². The van der Waals surface area contributed by atoms with Crippen molar-refractivity contribution in [2.75, 3.05) is 5.32 Å². The highest BCUT2D eigenvalue weighted by Gasteiger charge is 2.09. The number of rotatable bonds is 2. The molecule has 0 radical (unpaired) electrons. The number of anilines is 1. The molecule has 0 fully saturated rings. The first-order chi connectivity index (χ1) is 7.66. The quantitative estimate of drug-likeness (QED) is 0.794. The predicted octanol–water partition coefficient (Wildman–Crippen LogP) is 4.26. The Labute approximate surface area is 116 Å². The van der Waals surface area contributed by atoms with E-state index in [9.17, 15) is 4.79 Å². The molecule has 5 heteroatoms. The fourth-order valence-electron chi connectivity index (χ4n) is 1.18. The van der Waals surface area contributed by atoms with Gasteiger partial charge in [-0.2, -0.15) is 0 Å². The first-order valence-corrected chi connectivity index (χ1v) is 6.75. The number of para-hydroxylation sites is 1. The number of amides is 1. The van der Waals surface area contributed by atoms with E-state index in [1.807, 2.05) is 24.3 Å². The van der Waals surface area contributed by atoms with Gasteiger partial charge < -0.3 is 5.32 Å². The number of halogens is 2. The molecule has 1 N–H and O–H groups in total. The number of hydrogen-bond acceptors (Lipinski definition) is 2.